The normalized spacial score (nSPS) is 17.1. The van der Waals surface area contributed by atoms with Crippen molar-refractivity contribution < 1.29 is 26.9 Å². The minimum atomic E-state index is -4.79. The summed E-state index contributed by atoms with van der Waals surface area (Å²) in [6.07, 6.45) is 2.23. The molecule has 1 N–H and O–H groups in total. The predicted octanol–water partition coefficient (Wildman–Crippen LogP) is 2.66. The van der Waals surface area contributed by atoms with Crippen LogP contribution in [0.4, 0.5) is 13.2 Å². The highest BCUT2D eigenvalue weighted by atomic mass is 32.3. The lowest BCUT2D eigenvalue weighted by Crippen LogP contribution is -2.40. The van der Waals surface area contributed by atoms with Crippen LogP contribution in [0.2, 0.25) is 0 Å². The van der Waals surface area contributed by atoms with E-state index in [0.29, 0.717) is 29.8 Å². The van der Waals surface area contributed by atoms with Crippen LogP contribution in [0.15, 0.2) is 49.1 Å². The molecule has 3 aromatic rings. The number of fused-ring (bicyclic) bond motifs is 1. The van der Waals surface area contributed by atoms with E-state index in [0.717, 1.165) is 5.69 Å². The second-order valence-electron chi connectivity index (χ2n) is 8.08. The molecule has 0 fully saturated rings. The van der Waals surface area contributed by atoms with Crippen LogP contribution in [0.3, 0.4) is 0 Å². The number of hydrogen-bond acceptors (Lipinski definition) is 4. The third-order valence-electron chi connectivity index (χ3n) is 5.65. The van der Waals surface area contributed by atoms with Crippen molar-refractivity contribution in [1.82, 2.24) is 23.1 Å². The van der Waals surface area contributed by atoms with Crippen LogP contribution in [0, 0.1) is 0 Å². The van der Waals surface area contributed by atoms with Gasteiger partial charge in [0.05, 0.1) is 11.7 Å². The van der Waals surface area contributed by atoms with Gasteiger partial charge in [0.2, 0.25) is 0 Å². The lowest BCUT2D eigenvalue weighted by molar-refractivity contribution is -0.274. The average Bonchev–Trinajstić information content (AvgIpc) is 3.37. The number of rotatable bonds is 6. The third kappa shape index (κ3) is 4.67. The Hall–Kier alpha value is -3.12. The first-order chi connectivity index (χ1) is 15.5. The van der Waals surface area contributed by atoms with Gasteiger partial charge in [-0.3, -0.25) is 13.0 Å². The Morgan fingerprint density at radius 2 is 2.03 bits per heavy atom. The molecular weight excluding hydrogens is 459 g/mol. The summed E-state index contributed by atoms with van der Waals surface area (Å²) in [5.74, 6) is -0.611. The molecule has 1 aliphatic rings. The number of halogens is 3. The van der Waals surface area contributed by atoms with E-state index in [4.69, 9.17) is 0 Å². The summed E-state index contributed by atoms with van der Waals surface area (Å²) < 4.78 is 60.1. The van der Waals surface area contributed by atoms with E-state index >= 15 is 0 Å². The number of benzene rings is 1. The van der Waals surface area contributed by atoms with Crippen LogP contribution < -0.4 is 10.1 Å². The van der Waals surface area contributed by atoms with Gasteiger partial charge in [-0.05, 0) is 37.9 Å². The van der Waals surface area contributed by atoms with Gasteiger partial charge in [-0.1, -0.05) is 12.1 Å². The lowest BCUT2D eigenvalue weighted by Gasteiger charge is -2.31. The number of amides is 1. The number of alkyl halides is 3. The maximum absolute atomic E-state index is 13.1. The fraction of sp³-hybridized carbons (Fsp3) is 0.333. The topological polar surface area (TPSA) is 81.4 Å². The number of thiol groups is 1. The van der Waals surface area contributed by atoms with Crippen molar-refractivity contribution in [3.63, 3.8) is 0 Å². The van der Waals surface area contributed by atoms with Crippen LogP contribution in [-0.4, -0.2) is 61.2 Å². The van der Waals surface area contributed by atoms with Crippen LogP contribution in [0.1, 0.15) is 22.2 Å². The molecule has 0 bridgehead atoms. The largest absolute Gasteiger partial charge is 0.573 e. The summed E-state index contributed by atoms with van der Waals surface area (Å²) in [5.41, 5.74) is 2.21. The zero-order valence-corrected chi connectivity index (χ0v) is 19.1. The summed E-state index contributed by atoms with van der Waals surface area (Å²) in [4.78, 5) is 16.6. The molecule has 0 unspecified atom stereocenters. The number of imidazole rings is 1. The Balaban J connectivity index is 1.66. The monoisotopic (exact) mass is 483 g/mol. The molecule has 2 aromatic heterocycles. The summed E-state index contributed by atoms with van der Waals surface area (Å²) in [6, 6.07) is 7.05. The van der Waals surface area contributed by atoms with Crippen LogP contribution in [0.5, 0.6) is 5.75 Å². The number of nitrogens with zero attached hydrogens (tertiary/aromatic N) is 4. The number of ether oxygens (including phenoxy) is 1. The molecule has 0 radical (unpaired) electrons. The van der Waals surface area contributed by atoms with Gasteiger partial charge in [0, 0.05) is 47.5 Å². The fourth-order valence-electron chi connectivity index (χ4n) is 3.79. The molecule has 12 heteroatoms. The van der Waals surface area contributed by atoms with Gasteiger partial charge >= 0.3 is 6.36 Å². The van der Waals surface area contributed by atoms with Gasteiger partial charge in [-0.25, -0.2) is 9.29 Å². The molecule has 4 rings (SSSR count). The molecule has 8 nitrogen and oxygen atoms in total. The maximum atomic E-state index is 13.1. The lowest BCUT2D eigenvalue weighted by atomic mass is 10.1. The van der Waals surface area contributed by atoms with Crippen LogP contribution in [-0.2, 0) is 16.7 Å². The van der Waals surface area contributed by atoms with E-state index in [9.17, 15) is 22.2 Å². The van der Waals surface area contributed by atoms with Gasteiger partial charge in [-0.2, -0.15) is 0 Å². The van der Waals surface area contributed by atoms with Crippen molar-refractivity contribution >= 4 is 16.2 Å². The number of aromatic nitrogens is 3. The summed E-state index contributed by atoms with van der Waals surface area (Å²) in [6.45, 7) is 0.346. The molecule has 33 heavy (non-hydrogen) atoms. The Labute approximate surface area is 189 Å². The number of carbonyl (C=O) groups is 1. The van der Waals surface area contributed by atoms with Crippen molar-refractivity contribution in [3.8, 4) is 16.9 Å². The highest BCUT2D eigenvalue weighted by Crippen LogP contribution is 2.32. The molecule has 1 atom stereocenters. The minimum absolute atomic E-state index is 0.196. The van der Waals surface area contributed by atoms with Crippen molar-refractivity contribution in [3.05, 3.63) is 60.4 Å². The molecule has 1 amide bonds. The summed E-state index contributed by atoms with van der Waals surface area (Å²) >= 11 is 0. The molecule has 3 heterocycles. The van der Waals surface area contributed by atoms with Gasteiger partial charge in [0.25, 0.3) is 5.91 Å². The fourth-order valence-corrected chi connectivity index (χ4v) is 5.04. The first kappa shape index (κ1) is 23.1. The van der Waals surface area contributed by atoms with E-state index < -0.39 is 16.7 Å². The molecule has 1 aliphatic heterocycles. The highest BCUT2D eigenvalue weighted by Gasteiger charge is 2.31. The zero-order valence-electron chi connectivity index (χ0n) is 18.2. The first-order valence-electron chi connectivity index (χ1n) is 10.1. The van der Waals surface area contributed by atoms with Crippen LogP contribution in [0.25, 0.3) is 11.1 Å². The highest BCUT2D eigenvalue weighted by molar-refractivity contribution is 7.98. The van der Waals surface area contributed by atoms with Gasteiger partial charge in [0.15, 0.2) is 0 Å². The Morgan fingerprint density at radius 3 is 2.73 bits per heavy atom. The van der Waals surface area contributed by atoms with Crippen molar-refractivity contribution in [2.45, 2.75) is 18.8 Å². The number of nitrogens with one attached hydrogen (secondary N) is 1. The Bertz CT molecular complexity index is 1230. The smallest absolute Gasteiger partial charge is 0.406 e. The van der Waals surface area contributed by atoms with Crippen LogP contribution >= 0.6 is 0 Å². The van der Waals surface area contributed by atoms with E-state index in [1.54, 1.807) is 57.7 Å². The van der Waals surface area contributed by atoms with Gasteiger partial charge < -0.3 is 14.6 Å². The Morgan fingerprint density at radius 1 is 1.27 bits per heavy atom. The van der Waals surface area contributed by atoms with Crippen molar-refractivity contribution in [2.24, 2.45) is 0 Å². The summed E-state index contributed by atoms with van der Waals surface area (Å²) in [5, 5.41) is 2.85. The second kappa shape index (κ2) is 8.34. The molecule has 0 spiro atoms. The molecule has 178 valence electrons. The molecule has 0 aliphatic carbocycles. The van der Waals surface area contributed by atoms with E-state index in [2.05, 4.69) is 15.0 Å². The molecule has 0 saturated carbocycles. The molecule has 0 saturated heterocycles. The Kier molecular flexibility index (Phi) is 5.83. The molecular formula is C21H24F3N5O3S. The van der Waals surface area contributed by atoms with E-state index in [1.165, 1.54) is 24.5 Å². The minimum Gasteiger partial charge on any atom is -0.406 e. The maximum Gasteiger partial charge on any atom is 0.573 e. The van der Waals surface area contributed by atoms with Crippen molar-refractivity contribution in [1.29, 1.82) is 0 Å². The molecule has 1 aromatic carbocycles. The SMILES string of the molecule is CN(C)[SH](C)(=O)n1cncc1C[C@H]1CNC(=O)c2cc(-c3cccc(OC(F)(F)F)c3)cn21. The van der Waals surface area contributed by atoms with Gasteiger partial charge in [0.1, 0.15) is 17.8 Å². The van der Waals surface area contributed by atoms with Crippen molar-refractivity contribution in [2.75, 3.05) is 26.9 Å². The third-order valence-corrected chi connectivity index (χ3v) is 8.30. The van der Waals surface area contributed by atoms with E-state index in [1.807, 2.05) is 0 Å². The predicted molar refractivity (Wildman–Crippen MR) is 118 cm³/mol. The zero-order chi connectivity index (χ0) is 24.0. The standard InChI is InChI=1S/C21H24F3N5O3S/c1-27(2)33(3,31)29-13-25-10-17(29)9-16-11-26-20(30)19-8-15(12-28(16)19)14-5-4-6-18(7-14)32-21(22,23)24/h4-8,10,12-13,16,33H,9,11H2,1-3H3,(H,26,30)/t16-/m0/s1. The van der Waals surface area contributed by atoms with Gasteiger partial charge in [-0.15, -0.1) is 13.2 Å². The first-order valence-corrected chi connectivity index (χ1v) is 12.2. The average molecular weight is 484 g/mol. The number of carbonyl (C=O) groups excluding carboxylic acids is 1. The van der Waals surface area contributed by atoms with E-state index in [-0.39, 0.29) is 17.7 Å². The summed E-state index contributed by atoms with van der Waals surface area (Å²) in [7, 11) is 0.618. The number of hydrogen-bond donors (Lipinski definition) is 2. The second-order valence-corrected chi connectivity index (χ2v) is 11.0. The quantitative estimate of drug-likeness (QED) is 0.529.